The standard InChI is InChI=1S/C13H23N5O2S/c1-13(2,3)20-12(19)18-6-4-5-9(7-18)8-21-11-15-10(14)16-17-11/h9H,4-8H2,1-3H3,(H3,14,15,16,17). The Morgan fingerprint density at radius 2 is 2.33 bits per heavy atom. The molecule has 1 amide bonds. The molecule has 0 aliphatic carbocycles. The fourth-order valence-corrected chi connectivity index (χ4v) is 3.14. The molecule has 3 N–H and O–H groups in total. The molecular weight excluding hydrogens is 290 g/mol. The number of rotatable bonds is 3. The van der Waals surface area contributed by atoms with Crippen LogP contribution in [0.15, 0.2) is 5.16 Å². The molecule has 1 aromatic rings. The number of nitrogens with one attached hydrogen (secondary N) is 1. The average molecular weight is 313 g/mol. The SMILES string of the molecule is CC(C)(C)OC(=O)N1CCCC(CSc2n[nH]c(N)n2)C1. The van der Waals surface area contributed by atoms with Crippen LogP contribution in [0.3, 0.4) is 0 Å². The van der Waals surface area contributed by atoms with E-state index in [1.807, 2.05) is 20.8 Å². The summed E-state index contributed by atoms with van der Waals surface area (Å²) in [5.74, 6) is 1.63. The molecule has 1 saturated heterocycles. The first kappa shape index (κ1) is 15.9. The summed E-state index contributed by atoms with van der Waals surface area (Å²) in [5, 5.41) is 7.27. The lowest BCUT2D eigenvalue weighted by atomic mass is 10.0. The molecule has 7 nitrogen and oxygen atoms in total. The third kappa shape index (κ3) is 5.11. The number of hydrogen-bond donors (Lipinski definition) is 2. The van der Waals surface area contributed by atoms with Crippen molar-refractivity contribution in [3.63, 3.8) is 0 Å². The molecule has 8 heteroatoms. The molecular formula is C13H23N5O2S. The van der Waals surface area contributed by atoms with Crippen molar-refractivity contribution < 1.29 is 9.53 Å². The molecule has 0 saturated carbocycles. The number of ether oxygens (including phenoxy) is 1. The quantitative estimate of drug-likeness (QED) is 0.830. The van der Waals surface area contributed by atoms with Crippen molar-refractivity contribution in [2.45, 2.75) is 44.4 Å². The lowest BCUT2D eigenvalue weighted by Crippen LogP contribution is -2.43. The van der Waals surface area contributed by atoms with Crippen molar-refractivity contribution in [1.29, 1.82) is 0 Å². The summed E-state index contributed by atoms with van der Waals surface area (Å²) in [7, 11) is 0. The number of thioether (sulfide) groups is 1. The molecule has 1 aliphatic heterocycles. The van der Waals surface area contributed by atoms with Gasteiger partial charge in [0.15, 0.2) is 0 Å². The van der Waals surface area contributed by atoms with Gasteiger partial charge in [-0.2, -0.15) is 4.98 Å². The molecule has 21 heavy (non-hydrogen) atoms. The number of nitrogens with zero attached hydrogens (tertiary/aromatic N) is 3. The fraction of sp³-hybridized carbons (Fsp3) is 0.769. The number of carbonyl (C=O) groups excluding carboxylic acids is 1. The van der Waals surface area contributed by atoms with Gasteiger partial charge in [-0.3, -0.25) is 0 Å². The zero-order valence-corrected chi connectivity index (χ0v) is 13.6. The predicted molar refractivity (Wildman–Crippen MR) is 82.1 cm³/mol. The highest BCUT2D eigenvalue weighted by molar-refractivity contribution is 7.99. The van der Waals surface area contributed by atoms with Crippen molar-refractivity contribution in [2.24, 2.45) is 5.92 Å². The summed E-state index contributed by atoms with van der Waals surface area (Å²) in [5.41, 5.74) is 5.05. The number of nitrogens with two attached hydrogens (primary N) is 1. The van der Waals surface area contributed by atoms with Gasteiger partial charge in [-0.1, -0.05) is 11.8 Å². The summed E-state index contributed by atoms with van der Waals surface area (Å²) in [6.45, 7) is 7.15. The lowest BCUT2D eigenvalue weighted by molar-refractivity contribution is 0.0177. The highest BCUT2D eigenvalue weighted by Crippen LogP contribution is 2.25. The van der Waals surface area contributed by atoms with Crippen LogP contribution in [0.1, 0.15) is 33.6 Å². The van der Waals surface area contributed by atoms with Crippen molar-refractivity contribution in [3.05, 3.63) is 0 Å². The third-order valence-electron chi connectivity index (χ3n) is 3.10. The van der Waals surface area contributed by atoms with Crippen molar-refractivity contribution in [3.8, 4) is 0 Å². The smallest absolute Gasteiger partial charge is 0.410 e. The maximum absolute atomic E-state index is 12.1. The normalized spacial score (nSPS) is 19.6. The highest BCUT2D eigenvalue weighted by Gasteiger charge is 2.27. The molecule has 1 fully saturated rings. The maximum Gasteiger partial charge on any atom is 0.410 e. The molecule has 0 spiro atoms. The molecule has 1 aliphatic rings. The number of piperidine rings is 1. The second-order valence-corrected chi connectivity index (χ2v) is 7.24. The Morgan fingerprint density at radius 3 is 2.95 bits per heavy atom. The minimum absolute atomic E-state index is 0.223. The van der Waals surface area contributed by atoms with Gasteiger partial charge in [-0.15, -0.1) is 5.10 Å². The number of nitrogen functional groups attached to an aromatic ring is 1. The predicted octanol–water partition coefficient (Wildman–Crippen LogP) is 2.13. The van der Waals surface area contributed by atoms with Gasteiger partial charge in [-0.05, 0) is 39.5 Å². The topological polar surface area (TPSA) is 97.1 Å². The summed E-state index contributed by atoms with van der Waals surface area (Å²) in [6, 6.07) is 0. The second kappa shape index (κ2) is 6.55. The molecule has 0 bridgehead atoms. The fourth-order valence-electron chi connectivity index (χ4n) is 2.21. The minimum Gasteiger partial charge on any atom is -0.444 e. The molecule has 118 valence electrons. The number of amides is 1. The van der Waals surface area contributed by atoms with Crippen molar-refractivity contribution in [1.82, 2.24) is 20.1 Å². The number of likely N-dealkylation sites (tertiary alicyclic amines) is 1. The Hall–Kier alpha value is -1.44. The maximum atomic E-state index is 12.1. The van der Waals surface area contributed by atoms with Gasteiger partial charge in [0.2, 0.25) is 11.1 Å². The van der Waals surface area contributed by atoms with Gasteiger partial charge < -0.3 is 15.4 Å². The minimum atomic E-state index is -0.449. The Morgan fingerprint density at radius 1 is 1.57 bits per heavy atom. The van der Waals surface area contributed by atoms with E-state index in [4.69, 9.17) is 10.5 Å². The molecule has 0 radical (unpaired) electrons. The van der Waals surface area contributed by atoms with Crippen LogP contribution in [-0.4, -0.2) is 50.6 Å². The van der Waals surface area contributed by atoms with E-state index in [0.29, 0.717) is 17.0 Å². The zero-order chi connectivity index (χ0) is 15.5. The number of hydrogen-bond acceptors (Lipinski definition) is 6. The summed E-state index contributed by atoms with van der Waals surface area (Å²) in [6.07, 6.45) is 1.88. The highest BCUT2D eigenvalue weighted by atomic mass is 32.2. The van der Waals surface area contributed by atoms with E-state index in [0.717, 1.165) is 31.7 Å². The molecule has 1 atom stereocenters. The van der Waals surface area contributed by atoms with Gasteiger partial charge in [-0.25, -0.2) is 9.89 Å². The van der Waals surface area contributed by atoms with Crippen molar-refractivity contribution in [2.75, 3.05) is 24.6 Å². The van der Waals surface area contributed by atoms with Gasteiger partial charge in [0.1, 0.15) is 5.60 Å². The van der Waals surface area contributed by atoms with Crippen LogP contribution in [-0.2, 0) is 4.74 Å². The largest absolute Gasteiger partial charge is 0.444 e. The first-order valence-corrected chi connectivity index (χ1v) is 8.10. The van der Waals surface area contributed by atoms with E-state index in [1.165, 1.54) is 0 Å². The van der Waals surface area contributed by atoms with E-state index in [-0.39, 0.29) is 6.09 Å². The number of H-pyrrole nitrogens is 1. The summed E-state index contributed by atoms with van der Waals surface area (Å²) in [4.78, 5) is 18.0. The van der Waals surface area contributed by atoms with Crippen LogP contribution in [0.25, 0.3) is 0 Å². The van der Waals surface area contributed by atoms with Crippen LogP contribution < -0.4 is 5.73 Å². The van der Waals surface area contributed by atoms with Crippen LogP contribution in [0.2, 0.25) is 0 Å². The number of aromatic amines is 1. The number of anilines is 1. The molecule has 2 rings (SSSR count). The Balaban J connectivity index is 1.81. The third-order valence-corrected chi connectivity index (χ3v) is 4.18. The van der Waals surface area contributed by atoms with E-state index >= 15 is 0 Å². The van der Waals surface area contributed by atoms with E-state index in [1.54, 1.807) is 16.7 Å². The molecule has 0 aromatic carbocycles. The summed E-state index contributed by atoms with van der Waals surface area (Å²) < 4.78 is 5.43. The Labute approximate surface area is 129 Å². The van der Waals surface area contributed by atoms with Crippen LogP contribution in [0.5, 0.6) is 0 Å². The second-order valence-electron chi connectivity index (χ2n) is 6.25. The van der Waals surface area contributed by atoms with Gasteiger partial charge in [0.05, 0.1) is 0 Å². The van der Waals surface area contributed by atoms with Crippen LogP contribution in [0.4, 0.5) is 10.7 Å². The number of carbonyl (C=O) groups is 1. The lowest BCUT2D eigenvalue weighted by Gasteiger charge is -2.33. The Kier molecular flexibility index (Phi) is 4.97. The van der Waals surface area contributed by atoms with Crippen molar-refractivity contribution >= 4 is 23.8 Å². The first-order valence-electron chi connectivity index (χ1n) is 7.12. The van der Waals surface area contributed by atoms with E-state index in [9.17, 15) is 4.79 Å². The van der Waals surface area contributed by atoms with Crippen LogP contribution >= 0.6 is 11.8 Å². The first-order chi connectivity index (χ1) is 9.83. The Bertz CT molecular complexity index is 485. The van der Waals surface area contributed by atoms with Gasteiger partial charge in [0, 0.05) is 18.8 Å². The molecule has 1 unspecified atom stereocenters. The van der Waals surface area contributed by atoms with E-state index in [2.05, 4.69) is 15.2 Å². The summed E-state index contributed by atoms with van der Waals surface area (Å²) >= 11 is 1.56. The number of aromatic nitrogens is 3. The van der Waals surface area contributed by atoms with Gasteiger partial charge in [0.25, 0.3) is 0 Å². The van der Waals surface area contributed by atoms with Gasteiger partial charge >= 0.3 is 6.09 Å². The molecule has 1 aromatic heterocycles. The monoisotopic (exact) mass is 313 g/mol. The molecule has 2 heterocycles. The average Bonchev–Trinajstić information content (AvgIpc) is 2.81. The van der Waals surface area contributed by atoms with Crippen LogP contribution in [0, 0.1) is 5.92 Å². The van der Waals surface area contributed by atoms with E-state index < -0.39 is 5.60 Å². The zero-order valence-electron chi connectivity index (χ0n) is 12.8.